The summed E-state index contributed by atoms with van der Waals surface area (Å²) in [5.41, 5.74) is 1.84. The Bertz CT molecular complexity index is 666. The summed E-state index contributed by atoms with van der Waals surface area (Å²) in [5, 5.41) is 4.82. The van der Waals surface area contributed by atoms with E-state index < -0.39 is 0 Å². The molecule has 0 radical (unpaired) electrons. The third kappa shape index (κ3) is 2.30. The van der Waals surface area contributed by atoms with Gasteiger partial charge in [-0.3, -0.25) is 4.98 Å². The standard InChI is InChI=1S/C13H10ClN3S/c14-10-5-3-6-11-12(10)17-13(18-11)16-8-9-4-1-2-7-15-9/h1-7H,8H2,(H,16,17). The number of halogens is 1. The Hall–Kier alpha value is -1.65. The molecule has 0 bridgehead atoms. The average Bonchev–Trinajstić information content (AvgIpc) is 2.82. The fourth-order valence-electron chi connectivity index (χ4n) is 1.66. The van der Waals surface area contributed by atoms with Crippen LogP contribution in [0.5, 0.6) is 0 Å². The Morgan fingerprint density at radius 1 is 1.17 bits per heavy atom. The lowest BCUT2D eigenvalue weighted by Gasteiger charge is -2.00. The molecule has 0 spiro atoms. The highest BCUT2D eigenvalue weighted by Crippen LogP contribution is 2.30. The van der Waals surface area contributed by atoms with Crippen LogP contribution in [0.2, 0.25) is 5.02 Å². The Morgan fingerprint density at radius 3 is 2.89 bits per heavy atom. The molecule has 3 aromatic rings. The van der Waals surface area contributed by atoms with E-state index in [1.165, 1.54) is 0 Å². The molecule has 18 heavy (non-hydrogen) atoms. The van der Waals surface area contributed by atoms with Gasteiger partial charge < -0.3 is 5.32 Å². The van der Waals surface area contributed by atoms with Gasteiger partial charge in [-0.15, -0.1) is 0 Å². The van der Waals surface area contributed by atoms with Crippen LogP contribution in [0.1, 0.15) is 5.69 Å². The SMILES string of the molecule is Clc1cccc2sc(NCc3ccccn3)nc12. The van der Waals surface area contributed by atoms with Crippen LogP contribution in [0, 0.1) is 0 Å². The van der Waals surface area contributed by atoms with Crippen LogP contribution in [0.3, 0.4) is 0 Å². The molecule has 0 atom stereocenters. The van der Waals surface area contributed by atoms with Crippen LogP contribution in [-0.4, -0.2) is 9.97 Å². The van der Waals surface area contributed by atoms with Gasteiger partial charge in [-0.25, -0.2) is 4.98 Å². The van der Waals surface area contributed by atoms with Crippen molar-refractivity contribution in [2.75, 3.05) is 5.32 Å². The second-order valence-electron chi connectivity index (χ2n) is 3.78. The van der Waals surface area contributed by atoms with Crippen molar-refractivity contribution in [1.82, 2.24) is 9.97 Å². The van der Waals surface area contributed by atoms with Gasteiger partial charge in [0.1, 0.15) is 5.52 Å². The zero-order chi connectivity index (χ0) is 12.4. The molecule has 0 unspecified atom stereocenters. The molecule has 1 N–H and O–H groups in total. The Labute approximate surface area is 113 Å². The minimum Gasteiger partial charge on any atom is -0.356 e. The fourth-order valence-corrected chi connectivity index (χ4v) is 2.82. The van der Waals surface area contributed by atoms with Gasteiger partial charge in [-0.2, -0.15) is 0 Å². The molecule has 3 rings (SSSR count). The van der Waals surface area contributed by atoms with E-state index in [0.29, 0.717) is 11.6 Å². The smallest absolute Gasteiger partial charge is 0.184 e. The number of aromatic nitrogens is 2. The number of hydrogen-bond acceptors (Lipinski definition) is 4. The molecule has 2 heterocycles. The third-order valence-electron chi connectivity index (χ3n) is 2.52. The first kappa shape index (κ1) is 11.4. The van der Waals surface area contributed by atoms with Crippen molar-refractivity contribution in [3.63, 3.8) is 0 Å². The van der Waals surface area contributed by atoms with Crippen LogP contribution in [-0.2, 0) is 6.54 Å². The molecular formula is C13H10ClN3S. The predicted octanol–water partition coefficient (Wildman–Crippen LogP) is 3.96. The molecule has 0 aliphatic heterocycles. The van der Waals surface area contributed by atoms with Gasteiger partial charge >= 0.3 is 0 Å². The van der Waals surface area contributed by atoms with Crippen LogP contribution in [0.4, 0.5) is 5.13 Å². The summed E-state index contributed by atoms with van der Waals surface area (Å²) in [6.45, 7) is 0.665. The Balaban J connectivity index is 1.81. The van der Waals surface area contributed by atoms with E-state index in [1.807, 2.05) is 36.4 Å². The Kier molecular flexibility index (Phi) is 3.13. The number of anilines is 1. The summed E-state index contributed by atoms with van der Waals surface area (Å²) in [6.07, 6.45) is 1.78. The summed E-state index contributed by atoms with van der Waals surface area (Å²) >= 11 is 7.69. The number of thiazole rings is 1. The van der Waals surface area contributed by atoms with Gasteiger partial charge in [-0.1, -0.05) is 35.1 Å². The van der Waals surface area contributed by atoms with Gasteiger partial charge in [-0.05, 0) is 24.3 Å². The molecule has 2 aromatic heterocycles. The van der Waals surface area contributed by atoms with Crippen molar-refractivity contribution in [3.05, 3.63) is 53.3 Å². The summed E-state index contributed by atoms with van der Waals surface area (Å²) in [6, 6.07) is 11.7. The maximum atomic E-state index is 6.09. The molecular weight excluding hydrogens is 266 g/mol. The van der Waals surface area contributed by atoms with E-state index in [9.17, 15) is 0 Å². The maximum absolute atomic E-state index is 6.09. The molecule has 0 aliphatic rings. The third-order valence-corrected chi connectivity index (χ3v) is 3.80. The number of pyridine rings is 1. The quantitative estimate of drug-likeness (QED) is 0.786. The zero-order valence-corrected chi connectivity index (χ0v) is 11.0. The highest BCUT2D eigenvalue weighted by atomic mass is 35.5. The second kappa shape index (κ2) is 4.92. The number of rotatable bonds is 3. The van der Waals surface area contributed by atoms with Crippen molar-refractivity contribution >= 4 is 38.3 Å². The van der Waals surface area contributed by atoms with E-state index >= 15 is 0 Å². The van der Waals surface area contributed by atoms with Crippen LogP contribution in [0.15, 0.2) is 42.6 Å². The number of para-hydroxylation sites is 1. The molecule has 0 fully saturated rings. The van der Waals surface area contributed by atoms with Gasteiger partial charge in [0.15, 0.2) is 5.13 Å². The monoisotopic (exact) mass is 275 g/mol. The summed E-state index contributed by atoms with van der Waals surface area (Å²) in [4.78, 5) is 8.73. The molecule has 3 nitrogen and oxygen atoms in total. The number of benzene rings is 1. The topological polar surface area (TPSA) is 37.8 Å². The van der Waals surface area contributed by atoms with Crippen molar-refractivity contribution in [2.45, 2.75) is 6.54 Å². The minimum absolute atomic E-state index is 0.665. The van der Waals surface area contributed by atoms with Crippen molar-refractivity contribution in [2.24, 2.45) is 0 Å². The highest BCUT2D eigenvalue weighted by Gasteiger charge is 2.06. The molecule has 1 aromatic carbocycles. The number of fused-ring (bicyclic) bond motifs is 1. The van der Waals surface area contributed by atoms with Gasteiger partial charge in [0.2, 0.25) is 0 Å². The zero-order valence-electron chi connectivity index (χ0n) is 9.43. The van der Waals surface area contributed by atoms with Crippen molar-refractivity contribution in [1.29, 1.82) is 0 Å². The molecule has 0 saturated carbocycles. The van der Waals surface area contributed by atoms with Crippen LogP contribution < -0.4 is 5.32 Å². The highest BCUT2D eigenvalue weighted by molar-refractivity contribution is 7.22. The van der Waals surface area contributed by atoms with Crippen LogP contribution in [0.25, 0.3) is 10.2 Å². The van der Waals surface area contributed by atoms with Crippen molar-refractivity contribution < 1.29 is 0 Å². The normalized spacial score (nSPS) is 10.7. The van der Waals surface area contributed by atoms with E-state index in [1.54, 1.807) is 17.5 Å². The van der Waals surface area contributed by atoms with E-state index in [-0.39, 0.29) is 0 Å². The van der Waals surface area contributed by atoms with Gasteiger partial charge in [0, 0.05) is 6.20 Å². The van der Waals surface area contributed by atoms with Crippen LogP contribution >= 0.6 is 22.9 Å². The first-order valence-corrected chi connectivity index (χ1v) is 6.71. The Morgan fingerprint density at radius 2 is 2.11 bits per heavy atom. The van der Waals surface area contributed by atoms with Crippen molar-refractivity contribution in [3.8, 4) is 0 Å². The molecule has 90 valence electrons. The number of nitrogens with one attached hydrogen (secondary N) is 1. The van der Waals surface area contributed by atoms with E-state index in [4.69, 9.17) is 11.6 Å². The average molecular weight is 276 g/mol. The first-order valence-electron chi connectivity index (χ1n) is 5.52. The first-order chi connectivity index (χ1) is 8.83. The molecule has 5 heteroatoms. The van der Waals surface area contributed by atoms with E-state index in [2.05, 4.69) is 15.3 Å². The lowest BCUT2D eigenvalue weighted by atomic mass is 10.3. The van der Waals surface area contributed by atoms with E-state index in [0.717, 1.165) is 21.0 Å². The molecule has 0 saturated heterocycles. The second-order valence-corrected chi connectivity index (χ2v) is 5.22. The summed E-state index contributed by atoms with van der Waals surface area (Å²) in [5.74, 6) is 0. The number of hydrogen-bond donors (Lipinski definition) is 1. The molecule has 0 aliphatic carbocycles. The lowest BCUT2D eigenvalue weighted by molar-refractivity contribution is 1.04. The summed E-state index contributed by atoms with van der Waals surface area (Å²) < 4.78 is 1.09. The summed E-state index contributed by atoms with van der Waals surface area (Å²) in [7, 11) is 0. The van der Waals surface area contributed by atoms with Gasteiger partial charge in [0.05, 0.1) is 22.0 Å². The molecule has 0 amide bonds. The fraction of sp³-hybridized carbons (Fsp3) is 0.0769. The maximum Gasteiger partial charge on any atom is 0.184 e. The largest absolute Gasteiger partial charge is 0.356 e. The minimum atomic E-state index is 0.665. The van der Waals surface area contributed by atoms with Gasteiger partial charge in [0.25, 0.3) is 0 Å². The number of nitrogens with zero attached hydrogens (tertiary/aromatic N) is 2. The predicted molar refractivity (Wildman–Crippen MR) is 76.2 cm³/mol. The lowest BCUT2D eigenvalue weighted by Crippen LogP contribution is -2.00.